The van der Waals surface area contributed by atoms with Gasteiger partial charge in [-0.05, 0) is 106 Å². The second-order valence-corrected chi connectivity index (χ2v) is 18.2. The maximum Gasteiger partial charge on any atom is 0.135 e. The number of para-hydroxylation sites is 1. The average Bonchev–Trinajstić information content (AvgIpc) is 3.87. The fourth-order valence-electron chi connectivity index (χ4n) is 9.24. The zero-order chi connectivity index (χ0) is 42.8. The number of hydrogen-bond acceptors (Lipinski definition) is 3. The molecule has 3 heterocycles. The first-order chi connectivity index (χ1) is 29.0. The van der Waals surface area contributed by atoms with Crippen molar-refractivity contribution in [1.29, 1.82) is 0 Å². The fraction of sp³-hybridized carbons (Fsp3) is 0.222. The molecule has 4 nitrogen and oxygen atoms in total. The van der Waals surface area contributed by atoms with Crippen molar-refractivity contribution in [3.8, 4) is 16.9 Å². The smallest absolute Gasteiger partial charge is 0.135 e. The molecule has 0 bridgehead atoms. The van der Waals surface area contributed by atoms with E-state index in [0.717, 1.165) is 77.9 Å². The topological polar surface area (TPSA) is 24.3 Å². The molecule has 0 atom stereocenters. The number of fused-ring (bicyclic) bond motifs is 7. The first-order valence-electron chi connectivity index (χ1n) is 21.7. The molecule has 6 aromatic carbocycles. The van der Waals surface area contributed by atoms with E-state index in [9.17, 15) is 0 Å². The van der Waals surface area contributed by atoms with Crippen LogP contribution in [0.2, 0.25) is 0 Å². The van der Waals surface area contributed by atoms with Crippen molar-refractivity contribution in [3.05, 3.63) is 191 Å². The number of anilines is 3. The summed E-state index contributed by atoms with van der Waals surface area (Å²) in [6, 6.07) is 51.6. The Morgan fingerprint density at radius 1 is 0.644 bits per heavy atom. The molecule has 10 rings (SSSR count). The van der Waals surface area contributed by atoms with Crippen LogP contribution in [0.15, 0.2) is 128 Å². The molecule has 0 saturated heterocycles. The predicted molar refractivity (Wildman–Crippen MR) is 242 cm³/mol. The molecule has 0 saturated carbocycles. The Kier molecular flexibility index (Phi) is 8.31. The van der Waals surface area contributed by atoms with E-state index in [1.54, 1.807) is 6.67 Å². The Morgan fingerprint density at radius 2 is 1.29 bits per heavy atom. The summed E-state index contributed by atoms with van der Waals surface area (Å²) in [5, 5.41) is 2.24. The number of hydrogen-bond donors (Lipinski definition) is 0. The van der Waals surface area contributed by atoms with Crippen LogP contribution in [-0.4, -0.2) is 16.5 Å². The van der Waals surface area contributed by atoms with Gasteiger partial charge in [-0.2, -0.15) is 42.6 Å². The van der Waals surface area contributed by atoms with E-state index in [2.05, 4.69) is 180 Å². The Labute approximate surface area is 368 Å². The Balaban J connectivity index is 0.00000490. The molecule has 298 valence electrons. The van der Waals surface area contributed by atoms with Crippen molar-refractivity contribution < 1.29 is 25.2 Å². The zero-order valence-corrected chi connectivity index (χ0v) is 37.1. The molecule has 2 aromatic heterocycles. The number of benzene rings is 6. The summed E-state index contributed by atoms with van der Waals surface area (Å²) in [5.74, 6) is 0.851. The van der Waals surface area contributed by atoms with Crippen molar-refractivity contribution >= 4 is 38.9 Å². The minimum absolute atomic E-state index is 0. The van der Waals surface area contributed by atoms with Crippen molar-refractivity contribution in [2.75, 3.05) is 16.8 Å². The SMILES string of the molecule is [2H]C([2H])([2H])N1[CH-]N(c2[c-]c(C3(c4[c-]c5c(cc4)c4ccccc4n5-c4cc(C(C)(C)C)ccn4)c4ccccc4-c4ccccc43)cc(C(C)(C)C)c2)c2cc(C)c(C)cc21.[Pt]. The van der Waals surface area contributed by atoms with Crippen LogP contribution < -0.4 is 9.80 Å². The van der Waals surface area contributed by atoms with Gasteiger partial charge >= 0.3 is 0 Å². The summed E-state index contributed by atoms with van der Waals surface area (Å²) in [6.07, 6.45) is 1.92. The van der Waals surface area contributed by atoms with Gasteiger partial charge in [-0.15, -0.1) is 28.3 Å². The number of pyridine rings is 1. The van der Waals surface area contributed by atoms with Gasteiger partial charge < -0.3 is 14.4 Å². The molecule has 8 aromatic rings. The monoisotopic (exact) mass is 951 g/mol. The second kappa shape index (κ2) is 13.8. The molecule has 0 amide bonds. The first-order valence-corrected chi connectivity index (χ1v) is 20.2. The van der Waals surface area contributed by atoms with Crippen LogP contribution >= 0.6 is 0 Å². The van der Waals surface area contributed by atoms with Gasteiger partial charge in [0.25, 0.3) is 0 Å². The Hall–Kier alpha value is -5.44. The summed E-state index contributed by atoms with van der Waals surface area (Å²) >= 11 is 0. The molecule has 0 radical (unpaired) electrons. The molecule has 59 heavy (non-hydrogen) atoms. The molecular weight excluding hydrogens is 900 g/mol. The van der Waals surface area contributed by atoms with Crippen molar-refractivity contribution in [2.45, 2.75) is 71.6 Å². The number of aromatic nitrogens is 2. The van der Waals surface area contributed by atoms with Crippen LogP contribution in [0.5, 0.6) is 0 Å². The second-order valence-electron chi connectivity index (χ2n) is 18.2. The summed E-state index contributed by atoms with van der Waals surface area (Å²) in [7, 11) is 0. The molecule has 0 N–H and O–H groups in total. The third-order valence-corrected chi connectivity index (χ3v) is 12.5. The van der Waals surface area contributed by atoms with Gasteiger partial charge in [0, 0.05) is 53.7 Å². The minimum Gasteiger partial charge on any atom is -0.504 e. The third-order valence-electron chi connectivity index (χ3n) is 12.5. The molecule has 0 unspecified atom stereocenters. The van der Waals surface area contributed by atoms with Gasteiger partial charge in [0.15, 0.2) is 0 Å². The normalized spacial score (nSPS) is 15.4. The van der Waals surface area contributed by atoms with E-state index >= 15 is 0 Å². The molecule has 1 aliphatic heterocycles. The van der Waals surface area contributed by atoms with Gasteiger partial charge in [-0.1, -0.05) is 114 Å². The van der Waals surface area contributed by atoms with Crippen LogP contribution in [0.25, 0.3) is 38.8 Å². The zero-order valence-electron chi connectivity index (χ0n) is 37.8. The van der Waals surface area contributed by atoms with Crippen LogP contribution in [0.3, 0.4) is 0 Å². The Morgan fingerprint density at radius 3 is 1.97 bits per heavy atom. The van der Waals surface area contributed by atoms with E-state index < -0.39 is 12.4 Å². The summed E-state index contributed by atoms with van der Waals surface area (Å²) in [5.41, 5.74) is 14.1. The number of aryl methyl sites for hydroxylation is 2. The van der Waals surface area contributed by atoms with Gasteiger partial charge in [-0.3, -0.25) is 0 Å². The molecule has 2 aliphatic rings. The molecular formula is C54H49N4Pt-3. The average molecular weight is 952 g/mol. The Bertz CT molecular complexity index is 3030. The maximum atomic E-state index is 8.57. The van der Waals surface area contributed by atoms with Gasteiger partial charge in [0.1, 0.15) is 5.82 Å². The van der Waals surface area contributed by atoms with E-state index in [4.69, 9.17) is 9.10 Å². The summed E-state index contributed by atoms with van der Waals surface area (Å²) < 4.78 is 28.0. The minimum atomic E-state index is -2.38. The van der Waals surface area contributed by atoms with Crippen molar-refractivity contribution in [3.63, 3.8) is 0 Å². The van der Waals surface area contributed by atoms with Gasteiger partial charge in [0.05, 0.1) is 0 Å². The molecule has 1 aliphatic carbocycles. The van der Waals surface area contributed by atoms with E-state index in [1.807, 2.05) is 24.1 Å². The predicted octanol–water partition coefficient (Wildman–Crippen LogP) is 13.1. The molecule has 5 heteroatoms. The largest absolute Gasteiger partial charge is 0.504 e. The van der Waals surface area contributed by atoms with Crippen LogP contribution in [0, 0.1) is 32.6 Å². The van der Waals surface area contributed by atoms with Gasteiger partial charge in [-0.25, -0.2) is 4.98 Å². The standard InChI is InChI=1S/C54H49N4.Pt/c1-34-26-49-50(27-35(34)2)57(33-56(49)9)40-29-38(53(6,7)8)28-39(30-40)54(45-19-13-10-16-41(45)42-17-11-14-20-46(42)54)37-22-23-44-43-18-12-15-21-47(43)58(48(44)31-37)51-32-36(24-25-55-51)52(3,4)5;/h10-29,32-33H,1-9H3;/q-3;/i9D3;. The van der Waals surface area contributed by atoms with Crippen LogP contribution in [0.1, 0.15) is 90.2 Å². The van der Waals surface area contributed by atoms with Crippen LogP contribution in [0.4, 0.5) is 17.1 Å². The molecule has 0 fully saturated rings. The van der Waals surface area contributed by atoms with E-state index in [0.29, 0.717) is 5.69 Å². The first kappa shape index (κ1) is 35.5. The van der Waals surface area contributed by atoms with E-state index in [-0.39, 0.29) is 31.9 Å². The van der Waals surface area contributed by atoms with Crippen LogP contribution in [-0.2, 0) is 37.3 Å². The maximum absolute atomic E-state index is 8.57. The summed E-state index contributed by atoms with van der Waals surface area (Å²) in [4.78, 5) is 8.44. The quantitative estimate of drug-likeness (QED) is 0.164. The fourth-order valence-corrected chi connectivity index (χ4v) is 9.24. The van der Waals surface area contributed by atoms with Crippen molar-refractivity contribution in [1.82, 2.24) is 9.55 Å². The van der Waals surface area contributed by atoms with Gasteiger partial charge in [0.2, 0.25) is 0 Å². The number of nitrogens with zero attached hydrogens (tertiary/aromatic N) is 4. The summed E-state index contributed by atoms with van der Waals surface area (Å²) in [6.45, 7) is 16.9. The molecule has 0 spiro atoms. The number of rotatable bonds is 4. The van der Waals surface area contributed by atoms with E-state index in [1.165, 1.54) is 21.6 Å². The third kappa shape index (κ3) is 5.93. The van der Waals surface area contributed by atoms with Crippen molar-refractivity contribution in [2.24, 2.45) is 0 Å².